The van der Waals surface area contributed by atoms with Crippen molar-refractivity contribution < 1.29 is 4.74 Å². The van der Waals surface area contributed by atoms with E-state index < -0.39 is 0 Å². The van der Waals surface area contributed by atoms with Gasteiger partial charge in [-0.15, -0.1) is 10.2 Å². The Kier molecular flexibility index (Phi) is 4.20. The zero-order valence-electron chi connectivity index (χ0n) is 13.0. The largest absolute Gasteiger partial charge is 0.486 e. The number of hydrogen-bond donors (Lipinski definition) is 0. The Morgan fingerprint density at radius 1 is 0.875 bits per heavy atom. The number of para-hydroxylation sites is 1. The fourth-order valence-electron chi connectivity index (χ4n) is 2.47. The molecule has 6 heteroatoms. The van der Waals surface area contributed by atoms with Gasteiger partial charge < -0.3 is 4.74 Å². The van der Waals surface area contributed by atoms with Crippen molar-refractivity contribution in [3.05, 3.63) is 77.1 Å². The highest BCUT2D eigenvalue weighted by molar-refractivity contribution is 7.16. The molecule has 0 aliphatic rings. The molecule has 0 unspecified atom stereocenters. The van der Waals surface area contributed by atoms with Gasteiger partial charge in [-0.05, 0) is 24.1 Å². The Balaban J connectivity index is 1.45. The third-order valence-electron chi connectivity index (χ3n) is 3.68. The summed E-state index contributed by atoms with van der Waals surface area (Å²) in [6.45, 7) is 0.441. The molecule has 24 heavy (non-hydrogen) atoms. The second kappa shape index (κ2) is 6.80. The summed E-state index contributed by atoms with van der Waals surface area (Å²) < 4.78 is 7.58. The Morgan fingerprint density at radius 3 is 2.42 bits per heavy atom. The number of fused-ring (bicyclic) bond motifs is 1. The highest BCUT2D eigenvalue weighted by atomic mass is 32.1. The summed E-state index contributed by atoms with van der Waals surface area (Å²) in [4.78, 5) is 0.810. The summed E-state index contributed by atoms with van der Waals surface area (Å²) in [7, 11) is 0. The monoisotopic (exact) mass is 336 g/mol. The number of aryl methyl sites for hydroxylation is 2. The van der Waals surface area contributed by atoms with Gasteiger partial charge in [0.15, 0.2) is 10.8 Å². The normalized spacial score (nSPS) is 11.0. The molecule has 0 radical (unpaired) electrons. The predicted molar refractivity (Wildman–Crippen MR) is 93.3 cm³/mol. The first-order valence-electron chi connectivity index (χ1n) is 7.80. The fraction of sp³-hybridized carbons (Fsp3) is 0.167. The second-order valence-corrected chi connectivity index (χ2v) is 6.43. The minimum absolute atomic E-state index is 0.441. The minimum Gasteiger partial charge on any atom is -0.486 e. The van der Waals surface area contributed by atoms with Crippen LogP contribution in [0.1, 0.15) is 16.4 Å². The molecule has 2 aromatic heterocycles. The van der Waals surface area contributed by atoms with Crippen LogP contribution in [0.2, 0.25) is 0 Å². The quantitative estimate of drug-likeness (QED) is 0.540. The maximum Gasteiger partial charge on any atom is 0.234 e. The Labute approximate surface area is 143 Å². The second-order valence-electron chi connectivity index (χ2n) is 5.39. The lowest BCUT2D eigenvalue weighted by Gasteiger charge is -2.02. The molecule has 0 N–H and O–H groups in total. The van der Waals surface area contributed by atoms with Crippen LogP contribution in [-0.4, -0.2) is 19.8 Å². The van der Waals surface area contributed by atoms with Crippen molar-refractivity contribution in [1.29, 1.82) is 0 Å². The van der Waals surface area contributed by atoms with E-state index >= 15 is 0 Å². The molecule has 0 spiro atoms. The van der Waals surface area contributed by atoms with Crippen LogP contribution in [0.3, 0.4) is 0 Å². The van der Waals surface area contributed by atoms with E-state index in [1.54, 1.807) is 0 Å². The van der Waals surface area contributed by atoms with Crippen molar-refractivity contribution in [1.82, 2.24) is 19.8 Å². The number of benzene rings is 2. The zero-order valence-corrected chi connectivity index (χ0v) is 13.8. The van der Waals surface area contributed by atoms with Crippen LogP contribution < -0.4 is 4.74 Å². The third-order valence-corrected chi connectivity index (χ3v) is 4.56. The third kappa shape index (κ3) is 3.28. The first kappa shape index (κ1) is 14.8. The molecular weight excluding hydrogens is 320 g/mol. The van der Waals surface area contributed by atoms with Crippen LogP contribution in [0, 0.1) is 0 Å². The molecule has 0 fully saturated rings. The first-order chi connectivity index (χ1) is 11.9. The number of rotatable bonds is 6. The van der Waals surface area contributed by atoms with E-state index in [0.29, 0.717) is 6.61 Å². The Hall–Kier alpha value is -2.73. The molecular formula is C18H16N4OS. The van der Waals surface area contributed by atoms with Crippen molar-refractivity contribution in [3.8, 4) is 5.75 Å². The van der Waals surface area contributed by atoms with Crippen molar-refractivity contribution in [2.24, 2.45) is 0 Å². The van der Waals surface area contributed by atoms with Gasteiger partial charge in [-0.1, -0.05) is 59.9 Å². The lowest BCUT2D eigenvalue weighted by molar-refractivity contribution is 0.304. The number of ether oxygens (including phenoxy) is 1. The Morgan fingerprint density at radius 2 is 1.62 bits per heavy atom. The minimum atomic E-state index is 0.441. The van der Waals surface area contributed by atoms with E-state index in [9.17, 15) is 0 Å². The van der Waals surface area contributed by atoms with Crippen LogP contribution in [0.25, 0.3) is 4.96 Å². The lowest BCUT2D eigenvalue weighted by atomic mass is 10.1. The molecule has 5 nitrogen and oxygen atoms in total. The Bertz CT molecular complexity index is 918. The molecule has 2 aromatic carbocycles. The number of nitrogens with zero attached hydrogens (tertiary/aromatic N) is 4. The van der Waals surface area contributed by atoms with Gasteiger partial charge in [0, 0.05) is 6.42 Å². The van der Waals surface area contributed by atoms with E-state index in [4.69, 9.17) is 4.74 Å². The van der Waals surface area contributed by atoms with Gasteiger partial charge in [-0.3, -0.25) is 0 Å². The molecule has 0 saturated heterocycles. The van der Waals surface area contributed by atoms with E-state index in [2.05, 4.69) is 39.6 Å². The molecule has 0 aliphatic carbocycles. The van der Waals surface area contributed by atoms with Gasteiger partial charge >= 0.3 is 0 Å². The highest BCUT2D eigenvalue weighted by Crippen LogP contribution is 2.18. The molecule has 0 atom stereocenters. The van der Waals surface area contributed by atoms with Crippen LogP contribution in [0.15, 0.2) is 60.7 Å². The average molecular weight is 336 g/mol. The van der Waals surface area contributed by atoms with Gasteiger partial charge in [0.2, 0.25) is 4.96 Å². The fourth-order valence-corrected chi connectivity index (χ4v) is 3.24. The van der Waals surface area contributed by atoms with E-state index in [1.807, 2.05) is 40.9 Å². The molecule has 0 amide bonds. The summed E-state index contributed by atoms with van der Waals surface area (Å²) in [5, 5.41) is 13.9. The van der Waals surface area contributed by atoms with Crippen molar-refractivity contribution in [3.63, 3.8) is 0 Å². The van der Waals surface area contributed by atoms with Gasteiger partial charge in [-0.25, -0.2) is 0 Å². The summed E-state index contributed by atoms with van der Waals surface area (Å²) in [6, 6.07) is 20.1. The maximum atomic E-state index is 5.75. The summed E-state index contributed by atoms with van der Waals surface area (Å²) >= 11 is 1.51. The van der Waals surface area contributed by atoms with Crippen molar-refractivity contribution >= 4 is 16.3 Å². The molecule has 0 saturated carbocycles. The van der Waals surface area contributed by atoms with Crippen molar-refractivity contribution in [2.75, 3.05) is 0 Å². The summed E-state index contributed by atoms with van der Waals surface area (Å²) in [6.07, 6.45) is 1.74. The number of hydrogen-bond acceptors (Lipinski definition) is 5. The van der Waals surface area contributed by atoms with Gasteiger partial charge in [0.25, 0.3) is 0 Å². The van der Waals surface area contributed by atoms with E-state index in [-0.39, 0.29) is 0 Å². The topological polar surface area (TPSA) is 52.3 Å². The first-order valence-corrected chi connectivity index (χ1v) is 8.62. The summed E-state index contributed by atoms with van der Waals surface area (Å²) in [5.74, 6) is 1.73. The van der Waals surface area contributed by atoms with Crippen LogP contribution >= 0.6 is 11.3 Å². The number of aromatic nitrogens is 4. The van der Waals surface area contributed by atoms with Crippen molar-refractivity contribution in [2.45, 2.75) is 19.4 Å². The molecule has 120 valence electrons. The standard InChI is InChI=1S/C18H16N4OS/c1-3-7-14(8-4-1)11-12-16-19-20-18-22(16)21-17(24-18)13-23-15-9-5-2-6-10-15/h1-10H,11-13H2. The highest BCUT2D eigenvalue weighted by Gasteiger charge is 2.12. The SMILES string of the molecule is c1ccc(CCc2nnc3sc(COc4ccccc4)nn23)cc1. The lowest BCUT2D eigenvalue weighted by Crippen LogP contribution is -2.01. The predicted octanol–water partition coefficient (Wildman–Crippen LogP) is 3.55. The van der Waals surface area contributed by atoms with Gasteiger partial charge in [-0.2, -0.15) is 9.61 Å². The van der Waals surface area contributed by atoms with Crippen LogP contribution in [0.5, 0.6) is 5.75 Å². The maximum absolute atomic E-state index is 5.75. The van der Waals surface area contributed by atoms with E-state index in [1.165, 1.54) is 16.9 Å². The zero-order chi connectivity index (χ0) is 16.2. The van der Waals surface area contributed by atoms with Gasteiger partial charge in [0.05, 0.1) is 0 Å². The molecule has 4 rings (SSSR count). The average Bonchev–Trinajstić information content (AvgIpc) is 3.20. The molecule has 0 aliphatic heterocycles. The van der Waals surface area contributed by atoms with Gasteiger partial charge in [0.1, 0.15) is 12.4 Å². The van der Waals surface area contributed by atoms with Crippen LogP contribution in [0.4, 0.5) is 0 Å². The van der Waals surface area contributed by atoms with Crippen LogP contribution in [-0.2, 0) is 19.4 Å². The molecule has 4 aromatic rings. The smallest absolute Gasteiger partial charge is 0.234 e. The van der Waals surface area contributed by atoms with E-state index in [0.717, 1.165) is 34.4 Å². The molecule has 2 heterocycles. The molecule has 0 bridgehead atoms. The summed E-state index contributed by atoms with van der Waals surface area (Å²) in [5.41, 5.74) is 1.29.